The molecular weight excluding hydrogens is 350 g/mol. The Bertz CT molecular complexity index is 914. The van der Waals surface area contributed by atoms with Gasteiger partial charge in [-0.05, 0) is 30.9 Å². The molecule has 4 rings (SSSR count). The number of imidazole rings is 1. The number of benzene rings is 1. The average molecular weight is 377 g/mol. The molecule has 0 saturated carbocycles. The van der Waals surface area contributed by atoms with Gasteiger partial charge in [0.05, 0.1) is 6.20 Å². The number of carbonyl (C=O) groups excluding carboxylic acids is 1. The topological polar surface area (TPSA) is 66.8 Å². The summed E-state index contributed by atoms with van der Waals surface area (Å²) in [5, 5.41) is 7.52. The molecule has 0 radical (unpaired) electrons. The van der Waals surface area contributed by atoms with Crippen LogP contribution in [0.1, 0.15) is 47.8 Å². The van der Waals surface area contributed by atoms with Gasteiger partial charge in [-0.15, -0.1) is 0 Å². The van der Waals surface area contributed by atoms with Crippen molar-refractivity contribution < 1.29 is 4.79 Å². The number of hydrogen-bond acceptors (Lipinski definition) is 3. The smallest absolute Gasteiger partial charge is 0.224 e. The van der Waals surface area contributed by atoms with Crippen LogP contribution < -0.4 is 0 Å². The van der Waals surface area contributed by atoms with E-state index in [1.165, 1.54) is 16.8 Å². The Morgan fingerprint density at radius 1 is 1.29 bits per heavy atom. The Balaban J connectivity index is 1.39. The lowest BCUT2D eigenvalue weighted by atomic mass is 9.90. The van der Waals surface area contributed by atoms with Gasteiger partial charge in [0.2, 0.25) is 5.91 Å². The number of hydrogen-bond donors (Lipinski definition) is 1. The SMILES string of the molecule is Cc1nccn1CCC(=O)N1CCCC(c2[nH]ncc2Cc2ccccc2)C1. The molecule has 1 aromatic carbocycles. The molecule has 3 heterocycles. The van der Waals surface area contributed by atoms with Crippen LogP contribution in [0.25, 0.3) is 0 Å². The van der Waals surface area contributed by atoms with E-state index in [2.05, 4.69) is 39.4 Å². The van der Waals surface area contributed by atoms with Crippen molar-refractivity contribution in [3.8, 4) is 0 Å². The van der Waals surface area contributed by atoms with E-state index >= 15 is 0 Å². The quantitative estimate of drug-likeness (QED) is 0.717. The first-order valence-electron chi connectivity index (χ1n) is 10.0. The molecule has 0 spiro atoms. The van der Waals surface area contributed by atoms with E-state index in [1.807, 2.05) is 34.9 Å². The predicted molar refractivity (Wildman–Crippen MR) is 108 cm³/mol. The minimum Gasteiger partial charge on any atom is -0.342 e. The van der Waals surface area contributed by atoms with Gasteiger partial charge in [0, 0.05) is 56.5 Å². The highest BCUT2D eigenvalue weighted by Gasteiger charge is 2.27. The van der Waals surface area contributed by atoms with E-state index in [0.29, 0.717) is 18.9 Å². The molecular formula is C22H27N5O. The third-order valence-corrected chi connectivity index (χ3v) is 5.66. The molecule has 6 heteroatoms. The molecule has 1 aliphatic heterocycles. The van der Waals surface area contributed by atoms with Crippen LogP contribution in [0.4, 0.5) is 0 Å². The zero-order valence-electron chi connectivity index (χ0n) is 16.3. The first-order valence-corrected chi connectivity index (χ1v) is 10.0. The Kier molecular flexibility index (Phi) is 5.55. The molecule has 1 unspecified atom stereocenters. The molecule has 0 aliphatic carbocycles. The molecule has 0 bridgehead atoms. The maximum atomic E-state index is 12.8. The number of aromatic amines is 1. The fourth-order valence-corrected chi connectivity index (χ4v) is 4.08. The van der Waals surface area contributed by atoms with Gasteiger partial charge in [0.25, 0.3) is 0 Å². The summed E-state index contributed by atoms with van der Waals surface area (Å²) >= 11 is 0. The van der Waals surface area contributed by atoms with Crippen molar-refractivity contribution >= 4 is 5.91 Å². The van der Waals surface area contributed by atoms with Gasteiger partial charge in [0.1, 0.15) is 5.82 Å². The van der Waals surface area contributed by atoms with Gasteiger partial charge >= 0.3 is 0 Å². The molecule has 3 aromatic rings. The van der Waals surface area contributed by atoms with Gasteiger partial charge in [-0.1, -0.05) is 30.3 Å². The minimum atomic E-state index is 0.224. The van der Waals surface area contributed by atoms with Crippen LogP contribution in [0.5, 0.6) is 0 Å². The monoisotopic (exact) mass is 377 g/mol. The molecule has 2 aromatic heterocycles. The summed E-state index contributed by atoms with van der Waals surface area (Å²) in [6.45, 7) is 4.27. The number of carbonyl (C=O) groups is 1. The number of aryl methyl sites for hydroxylation is 2. The summed E-state index contributed by atoms with van der Waals surface area (Å²) in [7, 11) is 0. The number of rotatable bonds is 6. The van der Waals surface area contributed by atoms with Gasteiger partial charge < -0.3 is 9.47 Å². The standard InChI is InChI=1S/C22H27N5O/c1-17-23-10-13-26(17)12-9-21(28)27-11-5-8-19(16-27)22-20(15-24-25-22)14-18-6-3-2-4-7-18/h2-4,6-7,10,13,15,19H,5,8-9,11-12,14,16H2,1H3,(H,24,25). The zero-order valence-corrected chi connectivity index (χ0v) is 16.3. The van der Waals surface area contributed by atoms with E-state index in [4.69, 9.17) is 0 Å². The van der Waals surface area contributed by atoms with Crippen molar-refractivity contribution in [2.45, 2.75) is 45.1 Å². The van der Waals surface area contributed by atoms with Crippen molar-refractivity contribution in [2.24, 2.45) is 0 Å². The second-order valence-corrected chi connectivity index (χ2v) is 7.57. The average Bonchev–Trinajstić information content (AvgIpc) is 3.36. The van der Waals surface area contributed by atoms with Gasteiger partial charge in [-0.25, -0.2) is 4.98 Å². The van der Waals surface area contributed by atoms with Gasteiger partial charge in [-0.3, -0.25) is 9.89 Å². The molecule has 146 valence electrons. The summed E-state index contributed by atoms with van der Waals surface area (Å²) in [4.78, 5) is 19.0. The molecule has 1 fully saturated rings. The number of piperidine rings is 1. The number of aromatic nitrogens is 4. The van der Waals surface area contributed by atoms with E-state index in [9.17, 15) is 4.79 Å². The molecule has 1 atom stereocenters. The third-order valence-electron chi connectivity index (χ3n) is 5.66. The van der Waals surface area contributed by atoms with Crippen LogP contribution in [0.2, 0.25) is 0 Å². The van der Waals surface area contributed by atoms with E-state index in [-0.39, 0.29) is 5.91 Å². The van der Waals surface area contributed by atoms with Crippen LogP contribution in [0, 0.1) is 6.92 Å². The summed E-state index contributed by atoms with van der Waals surface area (Å²) in [5.41, 5.74) is 3.70. The van der Waals surface area contributed by atoms with Crippen molar-refractivity contribution in [2.75, 3.05) is 13.1 Å². The lowest BCUT2D eigenvalue weighted by molar-refractivity contribution is -0.132. The summed E-state index contributed by atoms with van der Waals surface area (Å²) in [5.74, 6) is 1.50. The highest BCUT2D eigenvalue weighted by molar-refractivity contribution is 5.76. The maximum Gasteiger partial charge on any atom is 0.224 e. The van der Waals surface area contributed by atoms with Gasteiger partial charge in [-0.2, -0.15) is 5.10 Å². The van der Waals surface area contributed by atoms with E-state index < -0.39 is 0 Å². The summed E-state index contributed by atoms with van der Waals surface area (Å²) < 4.78 is 2.03. The fourth-order valence-electron chi connectivity index (χ4n) is 4.08. The Morgan fingerprint density at radius 2 is 2.14 bits per heavy atom. The largest absolute Gasteiger partial charge is 0.342 e. The predicted octanol–water partition coefficient (Wildman–Crippen LogP) is 3.30. The Labute approximate surface area is 165 Å². The van der Waals surface area contributed by atoms with E-state index in [1.54, 1.807) is 6.20 Å². The molecule has 6 nitrogen and oxygen atoms in total. The van der Waals surface area contributed by atoms with Crippen molar-refractivity contribution in [1.29, 1.82) is 0 Å². The summed E-state index contributed by atoms with van der Waals surface area (Å²) in [6.07, 6.45) is 9.16. The minimum absolute atomic E-state index is 0.224. The second kappa shape index (κ2) is 8.42. The van der Waals surface area contributed by atoms with Crippen LogP contribution in [0.15, 0.2) is 48.9 Å². The third kappa shape index (κ3) is 4.16. The highest BCUT2D eigenvalue weighted by atomic mass is 16.2. The van der Waals surface area contributed by atoms with E-state index in [0.717, 1.165) is 38.2 Å². The van der Waals surface area contributed by atoms with Gasteiger partial charge in [0.15, 0.2) is 0 Å². The number of nitrogens with zero attached hydrogens (tertiary/aromatic N) is 4. The van der Waals surface area contributed by atoms with Crippen LogP contribution in [-0.2, 0) is 17.8 Å². The first kappa shape index (κ1) is 18.5. The van der Waals surface area contributed by atoms with Crippen LogP contribution >= 0.6 is 0 Å². The second-order valence-electron chi connectivity index (χ2n) is 7.57. The molecule has 28 heavy (non-hydrogen) atoms. The molecule has 1 amide bonds. The normalized spacial score (nSPS) is 17.0. The highest BCUT2D eigenvalue weighted by Crippen LogP contribution is 2.29. The Hall–Kier alpha value is -2.89. The molecule has 1 aliphatic rings. The first-order chi connectivity index (χ1) is 13.7. The van der Waals surface area contributed by atoms with Crippen molar-refractivity contribution in [1.82, 2.24) is 24.6 Å². The van der Waals surface area contributed by atoms with Crippen LogP contribution in [-0.4, -0.2) is 43.6 Å². The number of nitrogens with one attached hydrogen (secondary N) is 1. The fraction of sp³-hybridized carbons (Fsp3) is 0.409. The molecule has 1 saturated heterocycles. The van der Waals surface area contributed by atoms with Crippen LogP contribution in [0.3, 0.4) is 0 Å². The maximum absolute atomic E-state index is 12.8. The Morgan fingerprint density at radius 3 is 2.93 bits per heavy atom. The summed E-state index contributed by atoms with van der Waals surface area (Å²) in [6, 6.07) is 10.5. The van der Waals surface area contributed by atoms with Crippen molar-refractivity contribution in [3.63, 3.8) is 0 Å². The lowest BCUT2D eigenvalue weighted by Gasteiger charge is -2.33. The number of amides is 1. The molecule has 1 N–H and O–H groups in total. The van der Waals surface area contributed by atoms with Crippen molar-refractivity contribution in [3.05, 3.63) is 71.6 Å². The zero-order chi connectivity index (χ0) is 19.3. The number of likely N-dealkylation sites (tertiary alicyclic amines) is 1. The lowest BCUT2D eigenvalue weighted by Crippen LogP contribution is -2.39. The number of H-pyrrole nitrogens is 1.